The molecule has 0 spiro atoms. The Morgan fingerprint density at radius 3 is 2.26 bits per heavy atom. The van der Waals surface area contributed by atoms with E-state index >= 15 is 0 Å². The van der Waals surface area contributed by atoms with Crippen LogP contribution in [0.25, 0.3) is 5.76 Å². The van der Waals surface area contributed by atoms with Crippen LogP contribution in [0.1, 0.15) is 54.6 Å². The number of hydrogen-bond donors (Lipinski definition) is 2. The van der Waals surface area contributed by atoms with E-state index in [1.54, 1.807) is 18.2 Å². The number of aryl methyl sites for hydroxylation is 1. The zero-order valence-electron chi connectivity index (χ0n) is 23.9. The molecule has 2 N–H and O–H groups in total. The molecule has 0 saturated carbocycles. The molecule has 4 aromatic rings. The predicted molar refractivity (Wildman–Crippen MR) is 165 cm³/mol. The van der Waals surface area contributed by atoms with Crippen LogP contribution in [0.3, 0.4) is 0 Å². The van der Waals surface area contributed by atoms with Crippen LogP contribution >= 0.6 is 11.6 Å². The number of halogens is 1. The summed E-state index contributed by atoms with van der Waals surface area (Å²) in [6.07, 6.45) is 0. The number of carbonyl (C=O) groups is 2. The normalized spacial score (nSPS) is 16.6. The highest BCUT2D eigenvalue weighted by Gasteiger charge is 2.47. The number of Topliss-reactive ketones (excluding diaryl/α,β-unsaturated/α-hetero) is 1. The largest absolute Gasteiger partial charge is 0.507 e. The van der Waals surface area contributed by atoms with E-state index in [1.165, 1.54) is 23.1 Å². The highest BCUT2D eigenvalue weighted by molar-refractivity contribution is 6.52. The fourth-order valence-electron chi connectivity index (χ4n) is 5.10. The quantitative estimate of drug-likeness (QED) is 0.137. The molecular formula is C35H32ClNO5. The summed E-state index contributed by atoms with van der Waals surface area (Å²) in [6, 6.07) is 25.7. The van der Waals surface area contributed by atoms with Crippen LogP contribution in [0.5, 0.6) is 11.5 Å². The molecule has 0 bridgehead atoms. The first-order valence-electron chi connectivity index (χ1n) is 13.6. The first kappa shape index (κ1) is 29.0. The van der Waals surface area contributed by atoms with E-state index in [9.17, 15) is 19.8 Å². The van der Waals surface area contributed by atoms with Gasteiger partial charge in [0.05, 0.1) is 17.3 Å². The number of amides is 1. The molecule has 1 unspecified atom stereocenters. The third kappa shape index (κ3) is 5.63. The third-order valence-corrected chi connectivity index (χ3v) is 7.65. The van der Waals surface area contributed by atoms with Gasteiger partial charge in [0, 0.05) is 10.6 Å². The molecule has 1 aliphatic heterocycles. The topological polar surface area (TPSA) is 87.1 Å². The molecule has 1 saturated heterocycles. The number of ketones is 1. The smallest absolute Gasteiger partial charge is 0.300 e. The molecule has 1 aliphatic rings. The molecule has 0 radical (unpaired) electrons. The van der Waals surface area contributed by atoms with Crippen molar-refractivity contribution in [2.75, 3.05) is 4.90 Å². The Labute approximate surface area is 250 Å². The molecule has 1 heterocycles. The number of hydrogen-bond acceptors (Lipinski definition) is 5. The van der Waals surface area contributed by atoms with Gasteiger partial charge in [-0.2, -0.15) is 0 Å². The number of carbonyl (C=O) groups excluding carboxylic acids is 2. The standard InChI is InChI=1S/C35H32ClNO5/c1-21-18-24(12-17-29(21)42-20-22-8-6-5-7-9-22)32(39)30-31(23-10-13-25(14-11-23)35(2,3)4)37(34(41)33(30)40)27-19-26(36)15-16-28(27)38/h5-19,31,38-39H,20H2,1-4H3/b32-30+. The van der Waals surface area contributed by atoms with Crippen molar-refractivity contribution in [3.05, 3.63) is 129 Å². The molecule has 0 aliphatic carbocycles. The van der Waals surface area contributed by atoms with Crippen molar-refractivity contribution >= 4 is 34.7 Å². The first-order chi connectivity index (χ1) is 20.0. The Bertz CT molecular complexity index is 1690. The van der Waals surface area contributed by atoms with Crippen LogP contribution in [0.4, 0.5) is 5.69 Å². The van der Waals surface area contributed by atoms with Gasteiger partial charge in [0.1, 0.15) is 23.9 Å². The van der Waals surface area contributed by atoms with Gasteiger partial charge in [0.25, 0.3) is 11.7 Å². The summed E-state index contributed by atoms with van der Waals surface area (Å²) in [5.74, 6) is -1.64. The predicted octanol–water partition coefficient (Wildman–Crippen LogP) is 7.86. The highest BCUT2D eigenvalue weighted by Crippen LogP contribution is 2.46. The highest BCUT2D eigenvalue weighted by atomic mass is 35.5. The van der Waals surface area contributed by atoms with Crippen LogP contribution in [0.2, 0.25) is 5.02 Å². The molecule has 7 heteroatoms. The molecular weight excluding hydrogens is 550 g/mol. The minimum Gasteiger partial charge on any atom is -0.507 e. The van der Waals surface area contributed by atoms with Crippen LogP contribution in [0.15, 0.2) is 96.6 Å². The summed E-state index contributed by atoms with van der Waals surface area (Å²) >= 11 is 6.23. The maximum absolute atomic E-state index is 13.6. The first-order valence-corrected chi connectivity index (χ1v) is 14.0. The number of ether oxygens (including phenoxy) is 1. The summed E-state index contributed by atoms with van der Waals surface area (Å²) in [5.41, 5.74) is 3.68. The van der Waals surface area contributed by atoms with Gasteiger partial charge in [-0.25, -0.2) is 0 Å². The van der Waals surface area contributed by atoms with Gasteiger partial charge in [0.15, 0.2) is 0 Å². The van der Waals surface area contributed by atoms with E-state index in [-0.39, 0.29) is 33.2 Å². The van der Waals surface area contributed by atoms with Crippen molar-refractivity contribution in [2.45, 2.75) is 45.8 Å². The molecule has 6 nitrogen and oxygen atoms in total. The van der Waals surface area contributed by atoms with Gasteiger partial charge in [-0.05, 0) is 71.0 Å². The van der Waals surface area contributed by atoms with Gasteiger partial charge >= 0.3 is 0 Å². The summed E-state index contributed by atoms with van der Waals surface area (Å²) in [5, 5.41) is 22.6. The van der Waals surface area contributed by atoms with E-state index in [0.717, 1.165) is 16.7 Å². The number of aromatic hydroxyl groups is 1. The molecule has 4 aromatic carbocycles. The van der Waals surface area contributed by atoms with Crippen molar-refractivity contribution in [3.8, 4) is 11.5 Å². The van der Waals surface area contributed by atoms with Crippen LogP contribution in [0, 0.1) is 6.92 Å². The van der Waals surface area contributed by atoms with E-state index in [2.05, 4.69) is 20.8 Å². The molecule has 214 valence electrons. The minimum atomic E-state index is -1.00. The van der Waals surface area contributed by atoms with Crippen molar-refractivity contribution < 1.29 is 24.5 Å². The minimum absolute atomic E-state index is 0.0781. The third-order valence-electron chi connectivity index (χ3n) is 7.42. The van der Waals surface area contributed by atoms with Crippen molar-refractivity contribution in [1.29, 1.82) is 0 Å². The average Bonchev–Trinajstić information content (AvgIpc) is 3.23. The lowest BCUT2D eigenvalue weighted by Gasteiger charge is -2.27. The lowest BCUT2D eigenvalue weighted by atomic mass is 9.85. The molecule has 1 fully saturated rings. The second-order valence-electron chi connectivity index (χ2n) is 11.4. The maximum atomic E-state index is 13.6. The number of nitrogens with zero attached hydrogens (tertiary/aromatic N) is 1. The van der Waals surface area contributed by atoms with Crippen LogP contribution in [-0.4, -0.2) is 21.9 Å². The molecule has 1 amide bonds. The van der Waals surface area contributed by atoms with E-state index in [0.29, 0.717) is 23.5 Å². The zero-order chi connectivity index (χ0) is 30.2. The van der Waals surface area contributed by atoms with E-state index in [4.69, 9.17) is 16.3 Å². The lowest BCUT2D eigenvalue weighted by molar-refractivity contribution is -0.132. The fourth-order valence-corrected chi connectivity index (χ4v) is 5.27. The number of phenols is 1. The van der Waals surface area contributed by atoms with Crippen LogP contribution < -0.4 is 9.64 Å². The lowest BCUT2D eigenvalue weighted by Crippen LogP contribution is -2.29. The Morgan fingerprint density at radius 2 is 1.62 bits per heavy atom. The molecule has 0 aromatic heterocycles. The molecule has 1 atom stereocenters. The van der Waals surface area contributed by atoms with Crippen LogP contribution in [-0.2, 0) is 21.6 Å². The number of rotatable bonds is 6. The summed E-state index contributed by atoms with van der Waals surface area (Å²) in [4.78, 5) is 28.3. The Hall–Kier alpha value is -4.55. The van der Waals surface area contributed by atoms with E-state index in [1.807, 2.05) is 61.5 Å². The van der Waals surface area contributed by atoms with Crippen molar-refractivity contribution in [3.63, 3.8) is 0 Å². The number of aliphatic hydroxyl groups is 1. The van der Waals surface area contributed by atoms with Gasteiger partial charge in [0.2, 0.25) is 0 Å². The Morgan fingerprint density at radius 1 is 0.929 bits per heavy atom. The number of phenolic OH excluding ortho intramolecular Hbond substituents is 1. The van der Waals surface area contributed by atoms with Gasteiger partial charge in [-0.1, -0.05) is 87.0 Å². The second kappa shape index (κ2) is 11.4. The monoisotopic (exact) mass is 581 g/mol. The number of aliphatic hydroxyl groups excluding tert-OH is 1. The SMILES string of the molecule is Cc1cc(/C(O)=C2\C(=O)C(=O)N(c3cc(Cl)ccc3O)C2c2ccc(C(C)(C)C)cc2)ccc1OCc1ccccc1. The van der Waals surface area contributed by atoms with Gasteiger partial charge in [-0.3, -0.25) is 14.5 Å². The summed E-state index contributed by atoms with van der Waals surface area (Å²) in [7, 11) is 0. The van der Waals surface area contributed by atoms with Crippen molar-refractivity contribution in [2.24, 2.45) is 0 Å². The van der Waals surface area contributed by atoms with Gasteiger partial charge < -0.3 is 14.9 Å². The fraction of sp³-hybridized carbons (Fsp3) is 0.200. The van der Waals surface area contributed by atoms with Crippen molar-refractivity contribution in [1.82, 2.24) is 0 Å². The Kier molecular flexibility index (Phi) is 7.85. The molecule has 5 rings (SSSR count). The molecule has 42 heavy (non-hydrogen) atoms. The summed E-state index contributed by atoms with van der Waals surface area (Å²) < 4.78 is 5.98. The van der Waals surface area contributed by atoms with Gasteiger partial charge in [-0.15, -0.1) is 0 Å². The number of anilines is 1. The number of benzene rings is 4. The zero-order valence-corrected chi connectivity index (χ0v) is 24.6. The Balaban J connectivity index is 1.60. The average molecular weight is 582 g/mol. The van der Waals surface area contributed by atoms with E-state index < -0.39 is 17.7 Å². The maximum Gasteiger partial charge on any atom is 0.300 e. The summed E-state index contributed by atoms with van der Waals surface area (Å²) in [6.45, 7) is 8.50. The second-order valence-corrected chi connectivity index (χ2v) is 11.9.